The van der Waals surface area contributed by atoms with Crippen molar-refractivity contribution in [3.8, 4) is 0 Å². The van der Waals surface area contributed by atoms with Crippen LogP contribution in [-0.2, 0) is 9.53 Å². The number of aliphatic imine (C=N–C) groups is 1. The van der Waals surface area contributed by atoms with Crippen LogP contribution >= 0.6 is 0 Å². The van der Waals surface area contributed by atoms with Gasteiger partial charge >= 0.3 is 6.03 Å². The number of ether oxygens (including phenoxy) is 1. The van der Waals surface area contributed by atoms with Crippen molar-refractivity contribution in [2.75, 3.05) is 26.3 Å². The molecule has 1 aromatic rings. The first kappa shape index (κ1) is 23.8. The van der Waals surface area contributed by atoms with Crippen LogP contribution in [-0.4, -0.2) is 54.9 Å². The number of nitrogens with two attached hydrogens (primary N) is 1. The van der Waals surface area contributed by atoms with E-state index in [9.17, 15) is 18.4 Å². The topological polar surface area (TPSA) is 97.0 Å². The van der Waals surface area contributed by atoms with E-state index in [0.29, 0.717) is 37.4 Å². The third-order valence-electron chi connectivity index (χ3n) is 5.67. The van der Waals surface area contributed by atoms with Crippen LogP contribution in [0.4, 0.5) is 13.6 Å². The van der Waals surface area contributed by atoms with Gasteiger partial charge in [0, 0.05) is 36.3 Å². The first-order valence-corrected chi connectivity index (χ1v) is 10.8. The van der Waals surface area contributed by atoms with Gasteiger partial charge in [0.15, 0.2) is 11.6 Å². The highest BCUT2D eigenvalue weighted by Crippen LogP contribution is 2.24. The average Bonchev–Trinajstić information content (AvgIpc) is 3.27. The fourth-order valence-electron chi connectivity index (χ4n) is 3.82. The lowest BCUT2D eigenvalue weighted by Gasteiger charge is -2.33. The molecule has 2 saturated heterocycles. The first-order valence-electron chi connectivity index (χ1n) is 10.8. The molecule has 32 heavy (non-hydrogen) atoms. The SMILES string of the molecule is CC(C)(C)C(NC(=O)N=C1CCOCC1=C(N)c1ccc(F)c(F)c1)C(=O)N1CCCC1. The smallest absolute Gasteiger partial charge is 0.341 e. The van der Waals surface area contributed by atoms with Gasteiger partial charge in [0.25, 0.3) is 0 Å². The van der Waals surface area contributed by atoms with E-state index >= 15 is 0 Å². The number of halogens is 2. The monoisotopic (exact) mass is 448 g/mol. The zero-order chi connectivity index (χ0) is 23.5. The molecule has 2 aliphatic heterocycles. The van der Waals surface area contributed by atoms with Crippen molar-refractivity contribution in [1.29, 1.82) is 0 Å². The van der Waals surface area contributed by atoms with Crippen molar-refractivity contribution in [1.82, 2.24) is 10.2 Å². The Hall–Kier alpha value is -2.81. The molecule has 0 aromatic heterocycles. The van der Waals surface area contributed by atoms with Crippen LogP contribution in [0, 0.1) is 17.0 Å². The molecule has 0 radical (unpaired) electrons. The second-order valence-corrected chi connectivity index (χ2v) is 9.16. The fourth-order valence-corrected chi connectivity index (χ4v) is 3.82. The lowest BCUT2D eigenvalue weighted by atomic mass is 9.86. The van der Waals surface area contributed by atoms with Gasteiger partial charge in [-0.15, -0.1) is 0 Å². The molecule has 1 atom stereocenters. The molecule has 7 nitrogen and oxygen atoms in total. The van der Waals surface area contributed by atoms with Crippen molar-refractivity contribution >= 4 is 23.3 Å². The van der Waals surface area contributed by atoms with Gasteiger partial charge in [-0.25, -0.2) is 13.6 Å². The van der Waals surface area contributed by atoms with Gasteiger partial charge in [-0.1, -0.05) is 20.8 Å². The predicted octanol–water partition coefficient (Wildman–Crippen LogP) is 3.24. The molecule has 0 saturated carbocycles. The number of urea groups is 1. The Balaban J connectivity index is 1.85. The molecule has 0 bridgehead atoms. The predicted molar refractivity (Wildman–Crippen MR) is 118 cm³/mol. The molecular weight excluding hydrogens is 418 g/mol. The Morgan fingerprint density at radius 1 is 1.19 bits per heavy atom. The number of nitrogens with one attached hydrogen (secondary N) is 1. The van der Waals surface area contributed by atoms with Crippen molar-refractivity contribution in [3.63, 3.8) is 0 Å². The number of benzene rings is 1. The van der Waals surface area contributed by atoms with Crippen LogP contribution in [0.1, 0.15) is 45.6 Å². The van der Waals surface area contributed by atoms with Gasteiger partial charge in [-0.2, -0.15) is 4.99 Å². The van der Waals surface area contributed by atoms with Crippen LogP contribution in [0.5, 0.6) is 0 Å². The van der Waals surface area contributed by atoms with Gasteiger partial charge in [0.2, 0.25) is 5.91 Å². The van der Waals surface area contributed by atoms with Crippen LogP contribution in [0.2, 0.25) is 0 Å². The standard InChI is InChI=1S/C23H30F2N4O3/c1-23(2,3)20(21(30)29-9-4-5-10-29)28-22(31)27-18-8-11-32-13-15(18)19(26)14-6-7-16(24)17(25)12-14/h6-7,12,20H,4-5,8-11,13,26H2,1-3H3,(H,28,31). The van der Waals surface area contributed by atoms with Crippen LogP contribution < -0.4 is 11.1 Å². The Morgan fingerprint density at radius 2 is 1.88 bits per heavy atom. The van der Waals surface area contributed by atoms with Crippen LogP contribution in [0.15, 0.2) is 28.8 Å². The fraction of sp³-hybridized carbons (Fsp3) is 0.522. The largest absolute Gasteiger partial charge is 0.398 e. The van der Waals surface area contributed by atoms with E-state index in [-0.39, 0.29) is 23.8 Å². The van der Waals surface area contributed by atoms with Gasteiger partial charge < -0.3 is 20.7 Å². The first-order chi connectivity index (χ1) is 15.1. The van der Waals surface area contributed by atoms with E-state index in [1.165, 1.54) is 6.07 Å². The summed E-state index contributed by atoms with van der Waals surface area (Å²) in [6, 6.07) is 1.97. The van der Waals surface area contributed by atoms with Crippen LogP contribution in [0.25, 0.3) is 5.70 Å². The maximum atomic E-state index is 13.7. The van der Waals surface area contributed by atoms with Gasteiger partial charge in [-0.05, 0) is 36.5 Å². The number of hydrogen-bond acceptors (Lipinski definition) is 4. The van der Waals surface area contributed by atoms with E-state index in [2.05, 4.69) is 10.3 Å². The van der Waals surface area contributed by atoms with Crippen molar-refractivity contribution in [3.05, 3.63) is 41.0 Å². The second kappa shape index (κ2) is 9.77. The van der Waals surface area contributed by atoms with E-state index < -0.39 is 29.1 Å². The molecule has 174 valence electrons. The number of amides is 3. The van der Waals surface area contributed by atoms with Crippen molar-refractivity contribution < 1.29 is 23.1 Å². The van der Waals surface area contributed by atoms with Crippen molar-refractivity contribution in [2.24, 2.45) is 16.1 Å². The number of carbonyl (C=O) groups is 2. The Kier molecular flexibility index (Phi) is 7.28. The Bertz CT molecular complexity index is 947. The summed E-state index contributed by atoms with van der Waals surface area (Å²) in [6.45, 7) is 7.47. The van der Waals surface area contributed by atoms with E-state index in [0.717, 1.165) is 25.0 Å². The van der Waals surface area contributed by atoms with E-state index in [1.807, 2.05) is 20.8 Å². The zero-order valence-corrected chi connectivity index (χ0v) is 18.7. The summed E-state index contributed by atoms with van der Waals surface area (Å²) in [4.78, 5) is 31.7. The minimum absolute atomic E-state index is 0.0896. The minimum Gasteiger partial charge on any atom is -0.398 e. The van der Waals surface area contributed by atoms with Gasteiger partial charge in [0.1, 0.15) is 6.04 Å². The molecule has 1 aromatic carbocycles. The highest BCUT2D eigenvalue weighted by atomic mass is 19.2. The number of carbonyl (C=O) groups excluding carboxylic acids is 2. The van der Waals surface area contributed by atoms with Gasteiger partial charge in [0.05, 0.1) is 18.9 Å². The van der Waals surface area contributed by atoms with E-state index in [1.54, 1.807) is 4.90 Å². The minimum atomic E-state index is -1.02. The average molecular weight is 449 g/mol. The zero-order valence-electron chi connectivity index (χ0n) is 18.7. The molecule has 0 spiro atoms. The van der Waals surface area contributed by atoms with Gasteiger partial charge in [-0.3, -0.25) is 4.79 Å². The molecule has 3 N–H and O–H groups in total. The summed E-state index contributed by atoms with van der Waals surface area (Å²) < 4.78 is 32.4. The lowest BCUT2D eigenvalue weighted by Crippen LogP contribution is -2.53. The molecule has 1 unspecified atom stereocenters. The van der Waals surface area contributed by atoms with E-state index in [4.69, 9.17) is 10.5 Å². The summed E-state index contributed by atoms with van der Waals surface area (Å²) >= 11 is 0. The maximum Gasteiger partial charge on any atom is 0.341 e. The summed E-state index contributed by atoms with van der Waals surface area (Å²) in [5.41, 5.74) is 6.96. The lowest BCUT2D eigenvalue weighted by molar-refractivity contribution is -0.134. The maximum absolute atomic E-state index is 13.7. The number of likely N-dealkylation sites (tertiary alicyclic amines) is 1. The number of nitrogens with zero attached hydrogens (tertiary/aromatic N) is 2. The summed E-state index contributed by atoms with van der Waals surface area (Å²) in [5, 5.41) is 2.77. The summed E-state index contributed by atoms with van der Waals surface area (Å²) in [6.07, 6.45) is 2.24. The number of hydrogen-bond donors (Lipinski definition) is 2. The summed E-state index contributed by atoms with van der Waals surface area (Å²) in [7, 11) is 0. The Morgan fingerprint density at radius 3 is 2.50 bits per heavy atom. The van der Waals surface area contributed by atoms with Crippen molar-refractivity contribution in [2.45, 2.75) is 46.1 Å². The third kappa shape index (κ3) is 5.51. The molecule has 2 aliphatic rings. The quantitative estimate of drug-likeness (QED) is 0.742. The molecular formula is C23H30F2N4O3. The highest BCUT2D eigenvalue weighted by molar-refractivity contribution is 6.11. The third-order valence-corrected chi connectivity index (χ3v) is 5.67. The molecule has 2 heterocycles. The molecule has 0 aliphatic carbocycles. The Labute approximate surface area is 186 Å². The highest BCUT2D eigenvalue weighted by Gasteiger charge is 2.36. The summed E-state index contributed by atoms with van der Waals surface area (Å²) in [5.74, 6) is -2.12. The molecule has 3 amide bonds. The molecule has 3 rings (SSSR count). The molecule has 2 fully saturated rings. The molecule has 9 heteroatoms. The van der Waals surface area contributed by atoms with Crippen LogP contribution in [0.3, 0.4) is 0 Å². The normalized spacial score (nSPS) is 20.9. The number of rotatable bonds is 3. The second-order valence-electron chi connectivity index (χ2n) is 9.16.